The van der Waals surface area contributed by atoms with Crippen molar-refractivity contribution in [3.8, 4) is 0 Å². The molecule has 0 unspecified atom stereocenters. The first-order valence-corrected chi connectivity index (χ1v) is 10.5. The number of carbonyl (C=O) groups excluding carboxylic acids is 1. The van der Waals surface area contributed by atoms with Crippen LogP contribution in [0.25, 0.3) is 0 Å². The Balaban J connectivity index is 1.40. The molecular formula is C18H29N5O3S. The van der Waals surface area contributed by atoms with Crippen molar-refractivity contribution in [1.82, 2.24) is 20.1 Å². The molecule has 2 fully saturated rings. The normalized spacial score (nSPS) is 22.6. The summed E-state index contributed by atoms with van der Waals surface area (Å²) in [5, 5.41) is 13.1. The summed E-state index contributed by atoms with van der Waals surface area (Å²) in [5.41, 5.74) is 0. The lowest BCUT2D eigenvalue weighted by atomic mass is 9.85. The summed E-state index contributed by atoms with van der Waals surface area (Å²) in [7, 11) is 0. The first kappa shape index (κ1) is 19.9. The third kappa shape index (κ3) is 4.90. The maximum absolute atomic E-state index is 12.5. The van der Waals surface area contributed by atoms with Gasteiger partial charge in [-0.25, -0.2) is 9.78 Å². The fourth-order valence-electron chi connectivity index (χ4n) is 3.65. The summed E-state index contributed by atoms with van der Waals surface area (Å²) in [6, 6.07) is 0.396. The van der Waals surface area contributed by atoms with Crippen LogP contribution in [-0.4, -0.2) is 83.2 Å². The molecule has 1 aromatic heterocycles. The molecule has 2 aliphatic rings. The van der Waals surface area contributed by atoms with Gasteiger partial charge >= 0.3 is 12.0 Å². The lowest BCUT2D eigenvalue weighted by Gasteiger charge is -2.43. The highest BCUT2D eigenvalue weighted by Gasteiger charge is 2.35. The number of nitrogens with zero attached hydrogens (tertiary/aromatic N) is 4. The highest BCUT2D eigenvalue weighted by molar-refractivity contribution is 7.15. The second-order valence-corrected chi connectivity index (χ2v) is 8.26. The van der Waals surface area contributed by atoms with E-state index in [0.29, 0.717) is 13.1 Å². The predicted octanol–water partition coefficient (Wildman–Crippen LogP) is 1.47. The number of urea groups is 1. The molecule has 150 valence electrons. The number of carboxylic acids is 1. The number of rotatable bonds is 7. The van der Waals surface area contributed by atoms with Crippen LogP contribution in [0.5, 0.6) is 0 Å². The van der Waals surface area contributed by atoms with Gasteiger partial charge in [0.15, 0.2) is 5.13 Å². The number of hydrogen-bond acceptors (Lipinski definition) is 6. The second kappa shape index (κ2) is 8.88. The van der Waals surface area contributed by atoms with E-state index in [2.05, 4.69) is 22.1 Å². The molecule has 2 amide bonds. The van der Waals surface area contributed by atoms with E-state index in [9.17, 15) is 9.59 Å². The van der Waals surface area contributed by atoms with Gasteiger partial charge in [0.2, 0.25) is 0 Å². The number of aromatic nitrogens is 1. The van der Waals surface area contributed by atoms with Crippen LogP contribution in [0.15, 0.2) is 6.20 Å². The highest BCUT2D eigenvalue weighted by atomic mass is 32.1. The van der Waals surface area contributed by atoms with Crippen LogP contribution in [0.3, 0.4) is 0 Å². The smallest absolute Gasteiger partial charge is 0.317 e. The zero-order chi connectivity index (χ0) is 19.4. The summed E-state index contributed by atoms with van der Waals surface area (Å²) in [6.07, 6.45) is 4.60. The summed E-state index contributed by atoms with van der Waals surface area (Å²) < 4.78 is 0. The molecule has 1 saturated carbocycles. The number of carbonyl (C=O) groups is 2. The molecule has 1 saturated heterocycles. The van der Waals surface area contributed by atoms with Gasteiger partial charge in [-0.3, -0.25) is 9.69 Å². The topological polar surface area (TPSA) is 89.0 Å². The summed E-state index contributed by atoms with van der Waals surface area (Å²) in [6.45, 7) is 7.90. The van der Waals surface area contributed by atoms with Crippen LogP contribution in [0.4, 0.5) is 9.93 Å². The summed E-state index contributed by atoms with van der Waals surface area (Å²) >= 11 is 1.73. The number of aliphatic carboxylic acids is 1. The van der Waals surface area contributed by atoms with E-state index in [0.717, 1.165) is 44.0 Å². The zero-order valence-corrected chi connectivity index (χ0v) is 16.9. The van der Waals surface area contributed by atoms with Gasteiger partial charge < -0.3 is 20.2 Å². The number of piperazine rings is 1. The largest absolute Gasteiger partial charge is 0.480 e. The Morgan fingerprint density at radius 2 is 2.00 bits per heavy atom. The molecule has 2 N–H and O–H groups in total. The van der Waals surface area contributed by atoms with Crippen molar-refractivity contribution in [1.29, 1.82) is 0 Å². The molecule has 0 spiro atoms. The quantitative estimate of drug-likeness (QED) is 0.727. The molecule has 0 radical (unpaired) electrons. The van der Waals surface area contributed by atoms with E-state index in [4.69, 9.17) is 5.11 Å². The Hall–Kier alpha value is -1.87. The molecule has 0 atom stereocenters. The van der Waals surface area contributed by atoms with Crippen LogP contribution < -0.4 is 10.2 Å². The molecule has 1 aliphatic carbocycles. The van der Waals surface area contributed by atoms with Crippen LogP contribution in [0.2, 0.25) is 0 Å². The average molecular weight is 396 g/mol. The van der Waals surface area contributed by atoms with Crippen LogP contribution >= 0.6 is 11.3 Å². The molecule has 9 heteroatoms. The second-order valence-electron chi connectivity index (χ2n) is 7.17. The van der Waals surface area contributed by atoms with Gasteiger partial charge in [0.25, 0.3) is 0 Å². The summed E-state index contributed by atoms with van der Waals surface area (Å²) in [5.74, 6) is -0.798. The maximum Gasteiger partial charge on any atom is 0.317 e. The van der Waals surface area contributed by atoms with E-state index >= 15 is 0 Å². The highest BCUT2D eigenvalue weighted by Crippen LogP contribution is 2.26. The van der Waals surface area contributed by atoms with Gasteiger partial charge in [-0.2, -0.15) is 0 Å². The van der Waals surface area contributed by atoms with Gasteiger partial charge in [-0.1, -0.05) is 13.8 Å². The molecule has 0 aromatic carbocycles. The van der Waals surface area contributed by atoms with Crippen LogP contribution in [-0.2, 0) is 11.2 Å². The van der Waals surface area contributed by atoms with Crippen molar-refractivity contribution < 1.29 is 14.7 Å². The number of likely N-dealkylation sites (N-methyl/N-ethyl adjacent to an activating group) is 1. The Bertz CT molecular complexity index is 653. The number of carboxylic acid groups (broad SMARTS) is 1. The maximum atomic E-state index is 12.5. The minimum Gasteiger partial charge on any atom is -0.480 e. The van der Waals surface area contributed by atoms with Crippen molar-refractivity contribution in [3.05, 3.63) is 11.1 Å². The minimum absolute atomic E-state index is 0.00670. The number of nitrogens with one attached hydrogen (secondary N) is 1. The van der Waals surface area contributed by atoms with E-state index < -0.39 is 5.97 Å². The molecule has 27 heavy (non-hydrogen) atoms. The van der Waals surface area contributed by atoms with E-state index in [1.54, 1.807) is 11.3 Å². The van der Waals surface area contributed by atoms with Crippen LogP contribution in [0, 0.1) is 0 Å². The molecule has 2 heterocycles. The average Bonchev–Trinajstić information content (AvgIpc) is 3.11. The van der Waals surface area contributed by atoms with Gasteiger partial charge in [0, 0.05) is 49.3 Å². The number of amides is 2. The van der Waals surface area contributed by atoms with E-state index in [1.165, 1.54) is 4.88 Å². The molecule has 1 aromatic rings. The summed E-state index contributed by atoms with van der Waals surface area (Å²) in [4.78, 5) is 35.2. The fraction of sp³-hybridized carbons (Fsp3) is 0.722. The zero-order valence-electron chi connectivity index (χ0n) is 16.1. The predicted molar refractivity (Wildman–Crippen MR) is 106 cm³/mol. The Morgan fingerprint density at radius 3 is 2.56 bits per heavy atom. The standard InChI is InChI=1S/C18H29N5O3S/c1-3-15-11-19-18(27-15)23-7-5-22(6-8-23)17(26)20-13-9-14(10-13)21(4-2)12-16(24)25/h11,13-14H,3-10,12H2,1-2H3,(H,20,26)(H,24,25). The Labute approximate surface area is 164 Å². The van der Waals surface area contributed by atoms with Crippen LogP contribution in [0.1, 0.15) is 31.6 Å². The molecule has 0 bridgehead atoms. The first-order valence-electron chi connectivity index (χ1n) is 9.71. The van der Waals surface area contributed by atoms with Gasteiger partial charge in [0.1, 0.15) is 0 Å². The molecular weight excluding hydrogens is 366 g/mol. The number of anilines is 1. The Morgan fingerprint density at radius 1 is 1.30 bits per heavy atom. The number of hydrogen-bond donors (Lipinski definition) is 2. The molecule has 1 aliphatic heterocycles. The SMILES string of the molecule is CCc1cnc(N2CCN(C(=O)NC3CC(N(CC)CC(=O)O)C3)CC2)s1. The van der Waals surface area contributed by atoms with Gasteiger partial charge in [-0.05, 0) is 25.8 Å². The Kier molecular flexibility index (Phi) is 6.54. The minimum atomic E-state index is -0.798. The van der Waals surface area contributed by atoms with Crippen molar-refractivity contribution >= 4 is 28.5 Å². The van der Waals surface area contributed by atoms with E-state index in [-0.39, 0.29) is 24.7 Å². The lowest BCUT2D eigenvalue weighted by molar-refractivity contribution is -0.139. The monoisotopic (exact) mass is 395 g/mol. The van der Waals surface area contributed by atoms with Crippen molar-refractivity contribution in [2.75, 3.05) is 44.2 Å². The molecule has 8 nitrogen and oxygen atoms in total. The number of aryl methyl sites for hydroxylation is 1. The van der Waals surface area contributed by atoms with Gasteiger partial charge in [0.05, 0.1) is 6.54 Å². The van der Waals surface area contributed by atoms with E-state index in [1.807, 2.05) is 22.9 Å². The first-order chi connectivity index (χ1) is 13.0. The third-order valence-corrected chi connectivity index (χ3v) is 6.63. The molecule has 3 rings (SSSR count). The third-order valence-electron chi connectivity index (χ3n) is 5.43. The van der Waals surface area contributed by atoms with Crippen molar-refractivity contribution in [3.63, 3.8) is 0 Å². The number of thiazole rings is 1. The van der Waals surface area contributed by atoms with Crippen molar-refractivity contribution in [2.45, 2.75) is 45.2 Å². The van der Waals surface area contributed by atoms with Gasteiger partial charge in [-0.15, -0.1) is 11.3 Å². The fourth-order valence-corrected chi connectivity index (χ4v) is 4.55. The van der Waals surface area contributed by atoms with Crippen molar-refractivity contribution in [2.24, 2.45) is 0 Å². The lowest BCUT2D eigenvalue weighted by Crippen LogP contribution is -2.59.